The van der Waals surface area contributed by atoms with E-state index in [1.165, 1.54) is 0 Å². The fraction of sp³-hybridized carbons (Fsp3) is 0.600. The molecule has 3 atom stereocenters. The molecule has 3 fully saturated rings. The summed E-state index contributed by atoms with van der Waals surface area (Å²) in [5, 5.41) is 21.4. The van der Waals surface area contributed by atoms with Crippen LogP contribution >= 0.6 is 0 Å². The number of ether oxygens (including phenoxy) is 1. The van der Waals surface area contributed by atoms with E-state index < -0.39 is 36.1 Å². The Morgan fingerprint density at radius 3 is 2.56 bits per heavy atom. The molecule has 0 radical (unpaired) electrons. The number of alkyl carbamates (subject to hydrolysis) is 1. The molecular formula is C15H17N3O7. The van der Waals surface area contributed by atoms with Crippen LogP contribution in [0.5, 0.6) is 0 Å². The van der Waals surface area contributed by atoms with Crippen LogP contribution < -0.4 is 5.32 Å². The molecule has 0 aromatic carbocycles. The monoisotopic (exact) mass is 351 g/mol. The van der Waals surface area contributed by atoms with Crippen LogP contribution in [0.1, 0.15) is 19.3 Å². The van der Waals surface area contributed by atoms with Crippen molar-refractivity contribution in [1.29, 1.82) is 0 Å². The van der Waals surface area contributed by atoms with Crippen molar-refractivity contribution in [3.8, 4) is 0 Å². The highest BCUT2D eigenvalue weighted by Crippen LogP contribution is 2.47. The number of nitrogens with one attached hydrogen (secondary N) is 1. The number of β-lactam (4-membered cyclic amide) rings is 1. The van der Waals surface area contributed by atoms with Crippen molar-refractivity contribution < 1.29 is 34.1 Å². The van der Waals surface area contributed by atoms with Gasteiger partial charge in [0.15, 0.2) is 0 Å². The lowest BCUT2D eigenvalue weighted by Crippen LogP contribution is -2.69. The van der Waals surface area contributed by atoms with Crippen LogP contribution in [-0.2, 0) is 14.3 Å². The molecule has 0 unspecified atom stereocenters. The van der Waals surface area contributed by atoms with Gasteiger partial charge < -0.3 is 20.3 Å². The van der Waals surface area contributed by atoms with Crippen LogP contribution in [-0.4, -0.2) is 75.4 Å². The zero-order chi connectivity index (χ0) is 17.9. The van der Waals surface area contributed by atoms with Crippen molar-refractivity contribution in [3.63, 3.8) is 0 Å². The van der Waals surface area contributed by atoms with E-state index in [0.717, 1.165) is 22.6 Å². The van der Waals surface area contributed by atoms with Crippen molar-refractivity contribution in [1.82, 2.24) is 15.1 Å². The van der Waals surface area contributed by atoms with Gasteiger partial charge in [-0.05, 0) is 24.8 Å². The normalized spacial score (nSPS) is 29.9. The Hall–Kier alpha value is -2.78. The lowest BCUT2D eigenvalue weighted by molar-refractivity contribution is -0.156. The van der Waals surface area contributed by atoms with Crippen molar-refractivity contribution in [3.05, 3.63) is 11.3 Å². The van der Waals surface area contributed by atoms with Gasteiger partial charge in [-0.2, -0.15) is 0 Å². The molecule has 134 valence electrons. The average Bonchev–Trinajstić information content (AvgIpc) is 3.27. The van der Waals surface area contributed by atoms with Gasteiger partial charge in [0.2, 0.25) is 0 Å². The fourth-order valence-electron chi connectivity index (χ4n) is 3.95. The highest BCUT2D eigenvalue weighted by molar-refractivity contribution is 6.02. The third kappa shape index (κ3) is 2.39. The van der Waals surface area contributed by atoms with Crippen LogP contribution in [0.3, 0.4) is 0 Å². The van der Waals surface area contributed by atoms with Gasteiger partial charge in [-0.15, -0.1) is 0 Å². The molecule has 3 heterocycles. The predicted molar refractivity (Wildman–Crippen MR) is 79.4 cm³/mol. The maximum absolute atomic E-state index is 12.3. The van der Waals surface area contributed by atoms with E-state index in [1.54, 1.807) is 0 Å². The third-order valence-electron chi connectivity index (χ3n) is 5.17. The quantitative estimate of drug-likeness (QED) is 0.597. The highest BCUT2D eigenvalue weighted by Gasteiger charge is 2.64. The van der Waals surface area contributed by atoms with Gasteiger partial charge in [-0.25, -0.2) is 14.4 Å². The number of carboxylic acids is 1. The Morgan fingerprint density at radius 1 is 1.24 bits per heavy atom. The predicted octanol–water partition coefficient (Wildman–Crippen LogP) is -0.193. The molecule has 0 spiro atoms. The molecule has 3 amide bonds. The minimum atomic E-state index is -1.28. The molecular weight excluding hydrogens is 334 g/mol. The van der Waals surface area contributed by atoms with Gasteiger partial charge in [0.05, 0.1) is 6.04 Å². The summed E-state index contributed by atoms with van der Waals surface area (Å²) in [7, 11) is 0. The van der Waals surface area contributed by atoms with Crippen molar-refractivity contribution in [2.75, 3.05) is 13.2 Å². The molecule has 3 aliphatic heterocycles. The second-order valence-corrected chi connectivity index (χ2v) is 6.79. The first-order valence-electron chi connectivity index (χ1n) is 8.09. The number of nitrogens with zero attached hydrogens (tertiary/aromatic N) is 2. The number of carbonyl (C=O) groups excluding carboxylic acids is 2. The van der Waals surface area contributed by atoms with E-state index in [2.05, 4.69) is 5.32 Å². The van der Waals surface area contributed by atoms with Crippen LogP contribution in [0, 0.1) is 5.92 Å². The minimum Gasteiger partial charge on any atom is -0.477 e. The summed E-state index contributed by atoms with van der Waals surface area (Å²) < 4.78 is 5.10. The third-order valence-corrected chi connectivity index (χ3v) is 5.17. The lowest BCUT2D eigenvalue weighted by atomic mass is 9.79. The van der Waals surface area contributed by atoms with Crippen LogP contribution in [0.2, 0.25) is 0 Å². The molecule has 4 rings (SSSR count). The Balaban J connectivity index is 1.54. The van der Waals surface area contributed by atoms with Gasteiger partial charge >= 0.3 is 18.2 Å². The molecule has 0 bridgehead atoms. The zero-order valence-electron chi connectivity index (χ0n) is 13.2. The molecule has 0 aromatic rings. The van der Waals surface area contributed by atoms with Gasteiger partial charge in [-0.1, -0.05) is 0 Å². The number of amides is 3. The van der Waals surface area contributed by atoms with E-state index in [4.69, 9.17) is 4.74 Å². The Morgan fingerprint density at radius 2 is 1.96 bits per heavy atom. The second kappa shape index (κ2) is 5.36. The van der Waals surface area contributed by atoms with Crippen LogP contribution in [0.15, 0.2) is 11.3 Å². The summed E-state index contributed by atoms with van der Waals surface area (Å²) in [6.45, 7) is -0.0670. The summed E-state index contributed by atoms with van der Waals surface area (Å²) >= 11 is 0. The van der Waals surface area contributed by atoms with Gasteiger partial charge in [0.25, 0.3) is 5.91 Å². The maximum atomic E-state index is 12.3. The number of aliphatic carboxylic acids is 1. The highest BCUT2D eigenvalue weighted by atomic mass is 16.5. The van der Waals surface area contributed by atoms with Crippen molar-refractivity contribution in [2.24, 2.45) is 5.92 Å². The second-order valence-electron chi connectivity index (χ2n) is 6.79. The number of carbonyl (C=O) groups is 4. The molecule has 0 aromatic heterocycles. The summed E-state index contributed by atoms with van der Waals surface area (Å²) in [5.41, 5.74) is 0.146. The molecule has 10 heteroatoms. The van der Waals surface area contributed by atoms with Gasteiger partial charge in [-0.3, -0.25) is 14.6 Å². The summed E-state index contributed by atoms with van der Waals surface area (Å²) in [5.74, 6) is -2.00. The molecule has 2 saturated heterocycles. The minimum absolute atomic E-state index is 0.118. The van der Waals surface area contributed by atoms with Crippen LogP contribution in [0.4, 0.5) is 9.59 Å². The van der Waals surface area contributed by atoms with Gasteiger partial charge in [0.1, 0.15) is 18.3 Å². The fourth-order valence-corrected chi connectivity index (χ4v) is 3.95. The van der Waals surface area contributed by atoms with Crippen molar-refractivity contribution >= 4 is 24.1 Å². The number of likely N-dealkylation sites (tertiary alicyclic amines) is 1. The van der Waals surface area contributed by atoms with E-state index in [0.29, 0.717) is 5.57 Å². The first-order valence-corrected chi connectivity index (χ1v) is 8.09. The number of carboxylic acid groups (broad SMARTS) is 2. The lowest BCUT2D eigenvalue weighted by Gasteiger charge is -2.49. The van der Waals surface area contributed by atoms with E-state index in [1.807, 2.05) is 0 Å². The van der Waals surface area contributed by atoms with Crippen molar-refractivity contribution in [2.45, 2.75) is 37.4 Å². The molecule has 4 aliphatic rings. The molecule has 10 nitrogen and oxygen atoms in total. The van der Waals surface area contributed by atoms with Gasteiger partial charge in [0, 0.05) is 18.5 Å². The number of rotatable bonds is 4. The van der Waals surface area contributed by atoms with E-state index >= 15 is 0 Å². The molecule has 25 heavy (non-hydrogen) atoms. The molecule has 1 saturated carbocycles. The average molecular weight is 351 g/mol. The summed E-state index contributed by atoms with van der Waals surface area (Å²) in [6.07, 6.45) is 0.277. The Bertz CT molecular complexity index is 714. The zero-order valence-corrected chi connectivity index (χ0v) is 13.2. The summed E-state index contributed by atoms with van der Waals surface area (Å²) in [6, 6.07) is -1.14. The summed E-state index contributed by atoms with van der Waals surface area (Å²) in [4.78, 5) is 49.2. The smallest absolute Gasteiger partial charge is 0.408 e. The number of hydrogen-bond donors (Lipinski definition) is 3. The Kier molecular flexibility index (Phi) is 3.37. The van der Waals surface area contributed by atoms with Crippen LogP contribution in [0.25, 0.3) is 0 Å². The van der Waals surface area contributed by atoms with E-state index in [9.17, 15) is 29.4 Å². The molecule has 1 aliphatic carbocycles. The Labute approximate surface area is 142 Å². The van der Waals surface area contributed by atoms with E-state index in [-0.39, 0.29) is 37.2 Å². The molecule has 3 N–H and O–H groups in total. The topological polar surface area (TPSA) is 136 Å². The number of hydrogen-bond acceptors (Lipinski definition) is 5. The first-order chi connectivity index (χ1) is 11.9. The largest absolute Gasteiger partial charge is 0.477 e. The maximum Gasteiger partial charge on any atom is 0.408 e. The SMILES string of the molecule is O=C(NC1CC1)OCC1=C(C(=O)O)N2C(=O)[C@@H]3[C@H]2[C@H](C1)CN3C(=O)O. The standard InChI is InChI=1S/C15H17N3O7/c19-12-11-9-6(4-17(11)15(23)24)3-7(10(13(20)21)18(9)12)5-25-14(22)16-8-1-2-8/h6,8-9,11H,1-5H2,(H,16,22)(H,20,21)(H,23,24)/t6-,9-,11+/m1/s1. The first kappa shape index (κ1) is 15.7.